The quantitative estimate of drug-likeness (QED) is 0.759. The van der Waals surface area contributed by atoms with Crippen LogP contribution < -0.4 is 5.32 Å². The van der Waals surface area contributed by atoms with E-state index in [4.69, 9.17) is 4.74 Å². The summed E-state index contributed by atoms with van der Waals surface area (Å²) in [5.41, 5.74) is 0. The Morgan fingerprint density at radius 1 is 1.47 bits per heavy atom. The van der Waals surface area contributed by atoms with Gasteiger partial charge in [-0.2, -0.15) is 0 Å². The highest BCUT2D eigenvalue weighted by molar-refractivity contribution is 5.90. The molecule has 15 heavy (non-hydrogen) atoms. The SMILES string of the molecule is CCC(=O)C(C)NC(=O)C1CCCCO1. The van der Waals surface area contributed by atoms with E-state index in [1.54, 1.807) is 13.8 Å². The van der Waals surface area contributed by atoms with Crippen LogP contribution in [0.5, 0.6) is 0 Å². The fourth-order valence-corrected chi connectivity index (χ4v) is 1.64. The summed E-state index contributed by atoms with van der Waals surface area (Å²) in [5, 5.41) is 2.69. The van der Waals surface area contributed by atoms with E-state index in [2.05, 4.69) is 5.32 Å². The summed E-state index contributed by atoms with van der Waals surface area (Å²) in [6.45, 7) is 4.16. The topological polar surface area (TPSA) is 55.4 Å². The van der Waals surface area contributed by atoms with Crippen LogP contribution in [-0.2, 0) is 14.3 Å². The first-order valence-corrected chi connectivity index (χ1v) is 5.59. The first kappa shape index (κ1) is 12.2. The van der Waals surface area contributed by atoms with Crippen LogP contribution in [-0.4, -0.2) is 30.4 Å². The molecule has 0 spiro atoms. The maximum Gasteiger partial charge on any atom is 0.249 e. The van der Waals surface area contributed by atoms with E-state index in [-0.39, 0.29) is 17.8 Å². The van der Waals surface area contributed by atoms with Crippen LogP contribution in [0.25, 0.3) is 0 Å². The van der Waals surface area contributed by atoms with E-state index in [9.17, 15) is 9.59 Å². The largest absolute Gasteiger partial charge is 0.368 e. The van der Waals surface area contributed by atoms with Gasteiger partial charge in [-0.3, -0.25) is 9.59 Å². The van der Waals surface area contributed by atoms with Crippen molar-refractivity contribution in [1.82, 2.24) is 5.32 Å². The molecule has 1 heterocycles. The van der Waals surface area contributed by atoms with Crippen LogP contribution >= 0.6 is 0 Å². The van der Waals surface area contributed by atoms with Crippen LogP contribution in [0.3, 0.4) is 0 Å². The number of ether oxygens (including phenoxy) is 1. The fourth-order valence-electron chi connectivity index (χ4n) is 1.64. The molecule has 0 aromatic heterocycles. The first-order chi connectivity index (χ1) is 7.15. The van der Waals surface area contributed by atoms with Gasteiger partial charge in [0, 0.05) is 13.0 Å². The van der Waals surface area contributed by atoms with Gasteiger partial charge in [0.2, 0.25) is 5.91 Å². The molecule has 1 aliphatic heterocycles. The summed E-state index contributed by atoms with van der Waals surface area (Å²) in [5.74, 6) is -0.0943. The number of Topliss-reactive ketones (excluding diaryl/α,β-unsaturated/α-hetero) is 1. The molecule has 2 atom stereocenters. The number of amides is 1. The Hall–Kier alpha value is -0.900. The monoisotopic (exact) mass is 213 g/mol. The molecule has 86 valence electrons. The van der Waals surface area contributed by atoms with Gasteiger partial charge in [0.05, 0.1) is 6.04 Å². The van der Waals surface area contributed by atoms with Crippen LogP contribution in [0.15, 0.2) is 0 Å². The Morgan fingerprint density at radius 2 is 2.20 bits per heavy atom. The highest BCUT2D eigenvalue weighted by atomic mass is 16.5. The van der Waals surface area contributed by atoms with E-state index in [1.807, 2.05) is 0 Å². The minimum Gasteiger partial charge on any atom is -0.368 e. The van der Waals surface area contributed by atoms with E-state index < -0.39 is 6.04 Å². The predicted octanol–water partition coefficient (Wildman–Crippen LogP) is 1.04. The van der Waals surface area contributed by atoms with E-state index in [1.165, 1.54) is 0 Å². The number of ketones is 1. The van der Waals surface area contributed by atoms with Crippen molar-refractivity contribution in [2.24, 2.45) is 0 Å². The van der Waals surface area contributed by atoms with Gasteiger partial charge in [0.25, 0.3) is 0 Å². The van der Waals surface area contributed by atoms with Gasteiger partial charge < -0.3 is 10.1 Å². The van der Waals surface area contributed by atoms with Gasteiger partial charge in [-0.15, -0.1) is 0 Å². The van der Waals surface area contributed by atoms with Crippen LogP contribution in [0.1, 0.15) is 39.5 Å². The Balaban J connectivity index is 2.36. The molecule has 1 saturated heterocycles. The van der Waals surface area contributed by atoms with Crippen molar-refractivity contribution in [3.63, 3.8) is 0 Å². The van der Waals surface area contributed by atoms with E-state index >= 15 is 0 Å². The molecule has 1 fully saturated rings. The molecule has 4 heteroatoms. The second kappa shape index (κ2) is 5.85. The smallest absolute Gasteiger partial charge is 0.249 e. The van der Waals surface area contributed by atoms with Crippen molar-refractivity contribution in [3.8, 4) is 0 Å². The number of carbonyl (C=O) groups is 2. The number of hydrogen-bond acceptors (Lipinski definition) is 3. The maximum atomic E-state index is 11.6. The molecule has 0 radical (unpaired) electrons. The third kappa shape index (κ3) is 3.63. The normalized spacial score (nSPS) is 23.2. The van der Waals surface area contributed by atoms with Crippen molar-refractivity contribution in [2.75, 3.05) is 6.61 Å². The molecule has 0 saturated carbocycles. The molecule has 4 nitrogen and oxygen atoms in total. The number of hydrogen-bond donors (Lipinski definition) is 1. The minimum atomic E-state index is -0.395. The number of rotatable bonds is 4. The van der Waals surface area contributed by atoms with Gasteiger partial charge in [-0.05, 0) is 26.2 Å². The zero-order valence-electron chi connectivity index (χ0n) is 9.41. The number of carbonyl (C=O) groups excluding carboxylic acids is 2. The van der Waals surface area contributed by atoms with Gasteiger partial charge in [0.15, 0.2) is 5.78 Å². The van der Waals surface area contributed by atoms with Crippen molar-refractivity contribution < 1.29 is 14.3 Å². The second-order valence-corrected chi connectivity index (χ2v) is 3.91. The molecule has 0 aliphatic carbocycles. The molecule has 0 aromatic rings. The molecule has 1 aliphatic rings. The third-order valence-electron chi connectivity index (χ3n) is 2.66. The summed E-state index contributed by atoms with van der Waals surface area (Å²) >= 11 is 0. The summed E-state index contributed by atoms with van der Waals surface area (Å²) in [4.78, 5) is 22.9. The molecule has 1 N–H and O–H groups in total. The molecule has 0 bridgehead atoms. The Bertz CT molecular complexity index is 234. The fraction of sp³-hybridized carbons (Fsp3) is 0.818. The standard InChI is InChI=1S/C11H19NO3/c1-3-9(13)8(2)12-11(14)10-6-4-5-7-15-10/h8,10H,3-7H2,1-2H3,(H,12,14). The van der Waals surface area contributed by atoms with Crippen molar-refractivity contribution >= 4 is 11.7 Å². The lowest BCUT2D eigenvalue weighted by molar-refractivity contribution is -0.138. The van der Waals surface area contributed by atoms with Gasteiger partial charge >= 0.3 is 0 Å². The Morgan fingerprint density at radius 3 is 2.73 bits per heavy atom. The molecule has 0 aromatic carbocycles. The summed E-state index contributed by atoms with van der Waals surface area (Å²) in [6.07, 6.45) is 2.90. The van der Waals surface area contributed by atoms with Gasteiger partial charge in [-0.1, -0.05) is 6.92 Å². The van der Waals surface area contributed by atoms with Gasteiger partial charge in [0.1, 0.15) is 6.10 Å². The van der Waals surface area contributed by atoms with E-state index in [0.717, 1.165) is 19.3 Å². The summed E-state index contributed by atoms with van der Waals surface area (Å²) < 4.78 is 5.33. The highest BCUT2D eigenvalue weighted by Gasteiger charge is 2.24. The van der Waals surface area contributed by atoms with Crippen molar-refractivity contribution in [3.05, 3.63) is 0 Å². The molecule has 2 unspecified atom stereocenters. The summed E-state index contributed by atoms with van der Waals surface area (Å²) in [6, 6.07) is -0.395. The summed E-state index contributed by atoms with van der Waals surface area (Å²) in [7, 11) is 0. The minimum absolute atomic E-state index is 0.0548. The predicted molar refractivity (Wildman–Crippen MR) is 56.5 cm³/mol. The average molecular weight is 213 g/mol. The van der Waals surface area contributed by atoms with Crippen molar-refractivity contribution in [1.29, 1.82) is 0 Å². The van der Waals surface area contributed by atoms with Crippen LogP contribution in [0, 0.1) is 0 Å². The van der Waals surface area contributed by atoms with E-state index in [0.29, 0.717) is 13.0 Å². The van der Waals surface area contributed by atoms with Crippen molar-refractivity contribution in [2.45, 2.75) is 51.7 Å². The first-order valence-electron chi connectivity index (χ1n) is 5.59. The van der Waals surface area contributed by atoms with Crippen LogP contribution in [0.4, 0.5) is 0 Å². The number of nitrogens with one attached hydrogen (secondary N) is 1. The maximum absolute atomic E-state index is 11.6. The zero-order chi connectivity index (χ0) is 11.3. The highest BCUT2D eigenvalue weighted by Crippen LogP contribution is 2.12. The molecule has 1 amide bonds. The molecular formula is C11H19NO3. The molecular weight excluding hydrogens is 194 g/mol. The van der Waals surface area contributed by atoms with Crippen LogP contribution in [0.2, 0.25) is 0 Å². The third-order valence-corrected chi connectivity index (χ3v) is 2.66. The van der Waals surface area contributed by atoms with Gasteiger partial charge in [-0.25, -0.2) is 0 Å². The average Bonchev–Trinajstić information content (AvgIpc) is 2.29. The Labute approximate surface area is 90.4 Å². The lowest BCUT2D eigenvalue weighted by Crippen LogP contribution is -2.45. The zero-order valence-corrected chi connectivity index (χ0v) is 9.41. The lowest BCUT2D eigenvalue weighted by atomic mass is 10.1. The second-order valence-electron chi connectivity index (χ2n) is 3.91. The Kier molecular flexibility index (Phi) is 4.75. The molecule has 1 rings (SSSR count). The lowest BCUT2D eigenvalue weighted by Gasteiger charge is -2.23.